The molecule has 8 nitrogen and oxygen atoms in total. The van der Waals surface area contributed by atoms with Crippen LogP contribution in [0.5, 0.6) is 0 Å². The van der Waals surface area contributed by atoms with Crippen LogP contribution in [0.3, 0.4) is 0 Å². The molecule has 0 unspecified atom stereocenters. The topological polar surface area (TPSA) is 132 Å². The quantitative estimate of drug-likeness (QED) is 0.193. The largest absolute Gasteiger partial charge is 1.00 e. The zero-order valence-electron chi connectivity index (χ0n) is 11.3. The number of hydrogen-bond donors (Lipinski definition) is 4. The van der Waals surface area contributed by atoms with Gasteiger partial charge in [-0.15, -0.1) is 12.2 Å². The van der Waals surface area contributed by atoms with Crippen molar-refractivity contribution in [2.24, 2.45) is 0 Å². The monoisotopic (exact) mass is 508 g/mol. The van der Waals surface area contributed by atoms with E-state index in [1.807, 2.05) is 0 Å². The Morgan fingerprint density at radius 1 is 0.727 bits per heavy atom. The van der Waals surface area contributed by atoms with Gasteiger partial charge in [-0.1, -0.05) is 0 Å². The molecule has 0 aliphatic rings. The Hall–Kier alpha value is 1.22. The fraction of sp³-hybridized carbons (Fsp3) is 0.500. The molecule has 14 heteroatoms. The van der Waals surface area contributed by atoms with Gasteiger partial charge in [0.1, 0.15) is 0 Å². The van der Waals surface area contributed by atoms with Gasteiger partial charge < -0.3 is 10.2 Å². The minimum Gasteiger partial charge on any atom is -0.866 e. The summed E-state index contributed by atoms with van der Waals surface area (Å²) in [4.78, 5) is 0. The van der Waals surface area contributed by atoms with Gasteiger partial charge in [-0.05, 0) is 5.05 Å². The second kappa shape index (κ2) is 18.6. The first-order valence-electron chi connectivity index (χ1n) is 4.86. The predicted molar refractivity (Wildman–Crippen MR) is 87.7 cm³/mol. The minimum absolute atomic E-state index is 0. The Bertz CT molecular complexity index is 329. The minimum atomic E-state index is -3.32. The molecule has 0 aromatic heterocycles. The first-order chi connectivity index (χ1) is 9.80. The van der Waals surface area contributed by atoms with Crippen molar-refractivity contribution >= 4 is 90.5 Å². The Balaban J connectivity index is -0.000000520. The smallest absolute Gasteiger partial charge is 0.866 e. The van der Waals surface area contributed by atoms with E-state index in [1.54, 1.807) is 0 Å². The third-order valence-corrected chi connectivity index (χ3v) is 6.08. The normalized spacial score (nSPS) is 8.77. The molecule has 0 atom stereocenters. The van der Waals surface area contributed by atoms with Crippen LogP contribution in [-0.4, -0.2) is 88.5 Å². The first kappa shape index (κ1) is 28.0. The van der Waals surface area contributed by atoms with Gasteiger partial charge in [0.05, 0.1) is 6.61 Å². The van der Waals surface area contributed by atoms with Crippen molar-refractivity contribution in [1.29, 1.82) is 0 Å². The van der Waals surface area contributed by atoms with Crippen LogP contribution in [-0.2, 0) is 9.05 Å². The Kier molecular flexibility index (Phi) is 23.6. The number of rotatable bonds is 7. The fourth-order valence-corrected chi connectivity index (χ4v) is 3.85. The summed E-state index contributed by atoms with van der Waals surface area (Å²) in [6.45, 7) is -1.93. The van der Waals surface area contributed by atoms with Crippen molar-refractivity contribution < 1.29 is 64.1 Å². The van der Waals surface area contributed by atoms with Crippen molar-refractivity contribution in [2.75, 3.05) is 26.4 Å². The second-order valence-electron chi connectivity index (χ2n) is 2.62. The van der Waals surface area contributed by atoms with Crippen LogP contribution < -0.4 is 34.7 Å². The summed E-state index contributed by atoms with van der Waals surface area (Å²) in [7, 11) is 0. The van der Waals surface area contributed by atoms with Crippen LogP contribution in [0.25, 0.3) is 0 Å². The first-order valence-corrected chi connectivity index (χ1v) is 9.62. The van der Waals surface area contributed by atoms with E-state index in [1.165, 1.54) is 0 Å². The molecular formula is C8H12NaO8S4Sb. The van der Waals surface area contributed by atoms with Crippen LogP contribution in [0.4, 0.5) is 0 Å². The standard InChI is InChI=1S/4C2H4O2S.Na.Sb/c4*3-1-2(4)5;;/h4*3H,1H2,(H,4,5);;/q;;;;+1;+3/p-4. The van der Waals surface area contributed by atoms with Crippen LogP contribution in [0.1, 0.15) is 0 Å². The zero-order chi connectivity index (χ0) is 16.8. The summed E-state index contributed by atoms with van der Waals surface area (Å²) in [6, 6.07) is 0. The van der Waals surface area contributed by atoms with Crippen LogP contribution in [0.2, 0.25) is 0 Å². The molecule has 0 amide bonds. The van der Waals surface area contributed by atoms with E-state index in [0.717, 1.165) is 0 Å². The molecule has 0 heterocycles. The molecule has 0 aliphatic heterocycles. The zero-order valence-corrected chi connectivity index (χ0v) is 19.1. The SMILES string of the molecule is OCC(=S)[O][Sb]([O]C(=S)CO)[O]C(=S)CO.[Na+].[O-]C(=S)CO. The average Bonchev–Trinajstić information content (AvgIpc) is 2.46. The molecule has 0 aromatic carbocycles. The maximum absolute atomic E-state index is 9.38. The third-order valence-electron chi connectivity index (χ3n) is 1.05. The third kappa shape index (κ3) is 19.3. The van der Waals surface area contributed by atoms with Gasteiger partial charge in [0, 0.05) is 0 Å². The van der Waals surface area contributed by atoms with Crippen molar-refractivity contribution in [1.82, 2.24) is 0 Å². The number of hydrogen-bond acceptors (Lipinski definition) is 12. The summed E-state index contributed by atoms with van der Waals surface area (Å²) in [5.41, 5.74) is 0. The Morgan fingerprint density at radius 2 is 0.955 bits per heavy atom. The van der Waals surface area contributed by atoms with E-state index in [0.29, 0.717) is 0 Å². The van der Waals surface area contributed by atoms with Gasteiger partial charge in [-0.2, -0.15) is 0 Å². The maximum atomic E-state index is 9.38. The number of thiocarbonyl (C=S) groups is 4. The molecule has 0 rings (SSSR count). The van der Waals surface area contributed by atoms with E-state index < -0.39 is 52.9 Å². The molecule has 22 heavy (non-hydrogen) atoms. The number of aliphatic hydroxyl groups excluding tert-OH is 4. The van der Waals surface area contributed by atoms with E-state index in [2.05, 4.69) is 48.9 Å². The van der Waals surface area contributed by atoms with Crippen molar-refractivity contribution in [3.63, 3.8) is 0 Å². The van der Waals surface area contributed by atoms with Gasteiger partial charge in [-0.25, -0.2) is 0 Å². The van der Waals surface area contributed by atoms with Crippen LogP contribution in [0, 0.1) is 0 Å². The molecule has 0 saturated carbocycles. The Morgan fingerprint density at radius 3 is 1.09 bits per heavy atom. The van der Waals surface area contributed by atoms with Gasteiger partial charge in [-0.3, -0.25) is 0 Å². The van der Waals surface area contributed by atoms with Crippen molar-refractivity contribution in [3.05, 3.63) is 0 Å². The molecule has 122 valence electrons. The molecule has 0 spiro atoms. The fourth-order valence-electron chi connectivity index (χ4n) is 0.392. The van der Waals surface area contributed by atoms with Gasteiger partial charge in [0.25, 0.3) is 0 Å². The summed E-state index contributed by atoms with van der Waals surface area (Å²) in [5, 5.41) is 42.1. The van der Waals surface area contributed by atoms with E-state index in [-0.39, 0.29) is 44.7 Å². The second-order valence-corrected chi connectivity index (χ2v) is 7.28. The summed E-state index contributed by atoms with van der Waals surface area (Å²) in [6.07, 6.45) is 0. The molecule has 0 radical (unpaired) electrons. The van der Waals surface area contributed by atoms with Gasteiger partial charge >= 0.3 is 147 Å². The number of aliphatic hydroxyl groups is 4. The molecule has 0 fully saturated rings. The summed E-state index contributed by atoms with van der Waals surface area (Å²) in [5.74, 6) is 0. The molecule has 0 saturated heterocycles. The van der Waals surface area contributed by atoms with Gasteiger partial charge in [0.15, 0.2) is 0 Å². The Labute approximate surface area is 179 Å². The summed E-state index contributed by atoms with van der Waals surface area (Å²) < 4.78 is 14.9. The molecule has 0 aliphatic carbocycles. The van der Waals surface area contributed by atoms with E-state index in [4.69, 9.17) is 29.5 Å². The van der Waals surface area contributed by atoms with Crippen LogP contribution >= 0.6 is 48.9 Å². The average molecular weight is 509 g/mol. The predicted octanol–water partition coefficient (Wildman–Crippen LogP) is -5.35. The maximum Gasteiger partial charge on any atom is 1.00 e. The van der Waals surface area contributed by atoms with Crippen molar-refractivity contribution in [3.8, 4) is 0 Å². The van der Waals surface area contributed by atoms with E-state index >= 15 is 0 Å². The summed E-state index contributed by atoms with van der Waals surface area (Å²) >= 11 is 14.4. The van der Waals surface area contributed by atoms with Gasteiger partial charge in [0.2, 0.25) is 0 Å². The van der Waals surface area contributed by atoms with Crippen LogP contribution in [0.15, 0.2) is 0 Å². The molecule has 0 bridgehead atoms. The molecular weight excluding hydrogens is 497 g/mol. The molecule has 0 aromatic rings. The molecule has 4 N–H and O–H groups in total. The van der Waals surface area contributed by atoms with E-state index in [9.17, 15) is 5.11 Å². The van der Waals surface area contributed by atoms with Crippen molar-refractivity contribution in [2.45, 2.75) is 0 Å².